The first-order chi connectivity index (χ1) is 13.1. The zero-order chi connectivity index (χ0) is 19.0. The third-order valence-corrected chi connectivity index (χ3v) is 7.58. The molecule has 1 aliphatic heterocycles. The van der Waals surface area contributed by atoms with Gasteiger partial charge in [0.15, 0.2) is 0 Å². The smallest absolute Gasteiger partial charge is 0.335 e. The average Bonchev–Trinajstić information content (AvgIpc) is 2.67. The van der Waals surface area contributed by atoms with Crippen LogP contribution in [0.1, 0.15) is 12.0 Å². The van der Waals surface area contributed by atoms with Gasteiger partial charge in [-0.25, -0.2) is 4.39 Å². The molecule has 0 aliphatic carbocycles. The Morgan fingerprint density at radius 2 is 1.70 bits per heavy atom. The molecule has 27 heavy (non-hydrogen) atoms. The fourth-order valence-corrected chi connectivity index (χ4v) is 5.37. The van der Waals surface area contributed by atoms with Gasteiger partial charge in [0.2, 0.25) is 0 Å². The van der Waals surface area contributed by atoms with Crippen molar-refractivity contribution in [2.75, 3.05) is 37.7 Å². The molecule has 4 nitrogen and oxygen atoms in total. The number of hydrogen-bond donors (Lipinski definition) is 0. The summed E-state index contributed by atoms with van der Waals surface area (Å²) in [4.78, 5) is 6.74. The number of rotatable bonds is 6. The Morgan fingerprint density at radius 1 is 1.04 bits per heavy atom. The van der Waals surface area contributed by atoms with Crippen LogP contribution in [-0.2, 0) is 8.85 Å². The standard InChI is InChI=1S/C21H27FN2O2Si/c1-27(17-5-12-23-18-19-8-10-20(22)11-9-19)25-15-13-24(14-16-26-27)21-6-3-2-4-7-21/h2-4,6-11,18H,5,12-17H2,1H3. The first kappa shape index (κ1) is 19.7. The van der Waals surface area contributed by atoms with E-state index < -0.39 is 8.56 Å². The van der Waals surface area contributed by atoms with E-state index in [0.717, 1.165) is 37.7 Å². The number of anilines is 1. The average molecular weight is 387 g/mol. The molecule has 0 spiro atoms. The minimum absolute atomic E-state index is 0.226. The van der Waals surface area contributed by atoms with Crippen LogP contribution in [0.3, 0.4) is 0 Å². The molecule has 0 radical (unpaired) electrons. The quantitative estimate of drug-likeness (QED) is 0.423. The Balaban J connectivity index is 1.42. The summed E-state index contributed by atoms with van der Waals surface area (Å²) in [5.74, 6) is -0.226. The van der Waals surface area contributed by atoms with Crippen molar-refractivity contribution in [2.24, 2.45) is 4.99 Å². The molecule has 2 aromatic carbocycles. The molecule has 0 unspecified atom stereocenters. The maximum absolute atomic E-state index is 12.9. The van der Waals surface area contributed by atoms with Crippen molar-refractivity contribution in [3.05, 3.63) is 66.0 Å². The van der Waals surface area contributed by atoms with Crippen molar-refractivity contribution in [1.29, 1.82) is 0 Å². The summed E-state index contributed by atoms with van der Waals surface area (Å²) in [6.45, 7) is 6.03. The monoisotopic (exact) mass is 386 g/mol. The van der Waals surface area contributed by atoms with E-state index in [-0.39, 0.29) is 5.82 Å². The van der Waals surface area contributed by atoms with Gasteiger partial charge < -0.3 is 13.8 Å². The highest BCUT2D eigenvalue weighted by Crippen LogP contribution is 2.20. The van der Waals surface area contributed by atoms with E-state index in [4.69, 9.17) is 8.85 Å². The third-order valence-electron chi connectivity index (χ3n) is 4.69. The van der Waals surface area contributed by atoms with Crippen molar-refractivity contribution >= 4 is 20.5 Å². The van der Waals surface area contributed by atoms with Crippen LogP contribution in [0, 0.1) is 5.82 Å². The Hall–Kier alpha value is -2.02. The molecule has 0 amide bonds. The molecular formula is C21H27FN2O2Si. The second-order valence-electron chi connectivity index (χ2n) is 6.84. The predicted octanol–water partition coefficient (Wildman–Crippen LogP) is 4.26. The highest BCUT2D eigenvalue weighted by molar-refractivity contribution is 6.66. The number of halogens is 1. The minimum Gasteiger partial charge on any atom is -0.392 e. The van der Waals surface area contributed by atoms with Crippen LogP contribution in [0.4, 0.5) is 10.1 Å². The lowest BCUT2D eigenvalue weighted by molar-refractivity contribution is 0.164. The second-order valence-corrected chi connectivity index (χ2v) is 10.2. The van der Waals surface area contributed by atoms with Crippen molar-refractivity contribution in [2.45, 2.75) is 19.0 Å². The Morgan fingerprint density at radius 3 is 2.37 bits per heavy atom. The van der Waals surface area contributed by atoms with E-state index in [9.17, 15) is 4.39 Å². The van der Waals surface area contributed by atoms with Crippen molar-refractivity contribution in [3.8, 4) is 0 Å². The van der Waals surface area contributed by atoms with E-state index in [1.807, 2.05) is 6.07 Å². The highest BCUT2D eigenvalue weighted by atomic mass is 28.4. The van der Waals surface area contributed by atoms with E-state index in [1.54, 1.807) is 18.3 Å². The Labute approximate surface area is 161 Å². The van der Waals surface area contributed by atoms with Crippen molar-refractivity contribution in [1.82, 2.24) is 0 Å². The molecule has 3 rings (SSSR count). The van der Waals surface area contributed by atoms with Crippen LogP contribution in [0.5, 0.6) is 0 Å². The van der Waals surface area contributed by atoms with Gasteiger partial charge in [-0.1, -0.05) is 30.3 Å². The maximum Gasteiger partial charge on any atom is 0.335 e. The van der Waals surface area contributed by atoms with E-state index >= 15 is 0 Å². The van der Waals surface area contributed by atoms with Gasteiger partial charge in [0.25, 0.3) is 0 Å². The van der Waals surface area contributed by atoms with Gasteiger partial charge in [0.05, 0.1) is 13.2 Å². The van der Waals surface area contributed by atoms with Crippen LogP contribution in [0.2, 0.25) is 12.6 Å². The number of hydrogen-bond acceptors (Lipinski definition) is 4. The third kappa shape index (κ3) is 6.27. The van der Waals surface area contributed by atoms with Gasteiger partial charge in [-0.3, -0.25) is 4.99 Å². The van der Waals surface area contributed by atoms with E-state index in [0.29, 0.717) is 13.2 Å². The maximum atomic E-state index is 12.9. The molecule has 0 atom stereocenters. The molecule has 6 heteroatoms. The summed E-state index contributed by atoms with van der Waals surface area (Å²) in [5.41, 5.74) is 2.13. The molecule has 0 aromatic heterocycles. The van der Waals surface area contributed by atoms with Crippen LogP contribution in [0.25, 0.3) is 0 Å². The van der Waals surface area contributed by atoms with Crippen molar-refractivity contribution in [3.63, 3.8) is 0 Å². The molecular weight excluding hydrogens is 359 g/mol. The summed E-state index contributed by atoms with van der Waals surface area (Å²) in [6.07, 6.45) is 2.73. The van der Waals surface area contributed by atoms with Crippen molar-refractivity contribution < 1.29 is 13.2 Å². The second kappa shape index (κ2) is 9.78. The normalized spacial score (nSPS) is 17.6. The van der Waals surface area contributed by atoms with Crippen LogP contribution >= 0.6 is 0 Å². The topological polar surface area (TPSA) is 34.1 Å². The van der Waals surface area contributed by atoms with E-state index in [2.05, 4.69) is 40.7 Å². The van der Waals surface area contributed by atoms with Crippen LogP contribution in [-0.4, -0.2) is 47.6 Å². The fraction of sp³-hybridized carbons (Fsp3) is 0.381. The molecule has 1 fully saturated rings. The lowest BCUT2D eigenvalue weighted by Gasteiger charge is -2.34. The van der Waals surface area contributed by atoms with E-state index in [1.165, 1.54) is 17.8 Å². The SMILES string of the molecule is C[Si]1(CCCN=Cc2ccc(F)cc2)OCCN(c2ccccc2)CCO1. The summed E-state index contributed by atoms with van der Waals surface area (Å²) in [5, 5.41) is 0. The van der Waals surface area contributed by atoms with Gasteiger partial charge in [0.1, 0.15) is 5.82 Å². The van der Waals surface area contributed by atoms with Crippen LogP contribution in [0.15, 0.2) is 59.6 Å². The molecule has 1 saturated heterocycles. The number of nitrogens with zero attached hydrogens (tertiary/aromatic N) is 2. The molecule has 2 aromatic rings. The molecule has 0 N–H and O–H groups in total. The minimum atomic E-state index is -2.14. The first-order valence-electron chi connectivity index (χ1n) is 9.48. The van der Waals surface area contributed by atoms with Gasteiger partial charge in [-0.2, -0.15) is 0 Å². The molecule has 144 valence electrons. The summed E-state index contributed by atoms with van der Waals surface area (Å²) >= 11 is 0. The lowest BCUT2D eigenvalue weighted by atomic mass is 10.2. The zero-order valence-corrected chi connectivity index (χ0v) is 16.8. The lowest BCUT2D eigenvalue weighted by Crippen LogP contribution is -2.46. The number of para-hydroxylation sites is 1. The fourth-order valence-electron chi connectivity index (χ4n) is 3.15. The Kier molecular flexibility index (Phi) is 7.15. The number of benzene rings is 2. The molecule has 1 heterocycles. The van der Waals surface area contributed by atoms with Crippen LogP contribution < -0.4 is 4.90 Å². The zero-order valence-electron chi connectivity index (χ0n) is 15.8. The first-order valence-corrected chi connectivity index (χ1v) is 12.0. The predicted molar refractivity (Wildman–Crippen MR) is 110 cm³/mol. The summed E-state index contributed by atoms with van der Waals surface area (Å²) in [7, 11) is -2.14. The molecule has 1 aliphatic rings. The summed E-state index contributed by atoms with van der Waals surface area (Å²) in [6, 6.07) is 17.7. The molecule has 0 bridgehead atoms. The van der Waals surface area contributed by atoms with Gasteiger partial charge >= 0.3 is 8.56 Å². The Bertz CT molecular complexity index is 715. The van der Waals surface area contributed by atoms with Gasteiger partial charge in [-0.05, 0) is 48.8 Å². The largest absolute Gasteiger partial charge is 0.392 e. The molecule has 0 saturated carbocycles. The van der Waals surface area contributed by atoms with Gasteiger partial charge in [-0.15, -0.1) is 0 Å². The highest BCUT2D eigenvalue weighted by Gasteiger charge is 2.32. The summed E-state index contributed by atoms with van der Waals surface area (Å²) < 4.78 is 25.3. The van der Waals surface area contributed by atoms with Gasteiger partial charge in [0, 0.05) is 31.5 Å². The number of aliphatic imine (C=N–C) groups is 1.